The van der Waals surface area contributed by atoms with Crippen molar-refractivity contribution >= 4 is 17.6 Å². The number of ether oxygens (including phenoxy) is 2. The molecule has 1 fully saturated rings. The van der Waals surface area contributed by atoms with Crippen molar-refractivity contribution in [3.63, 3.8) is 0 Å². The Hall–Kier alpha value is -0.280. The summed E-state index contributed by atoms with van der Waals surface area (Å²) in [6.45, 7) is 0.608. The van der Waals surface area contributed by atoms with Crippen LogP contribution in [0.4, 0.5) is 0 Å². The van der Waals surface area contributed by atoms with Crippen molar-refractivity contribution in [1.82, 2.24) is 0 Å². The van der Waals surface area contributed by atoms with Gasteiger partial charge in [-0.3, -0.25) is 0 Å². The fourth-order valence-electron chi connectivity index (χ4n) is 1.17. The number of carbonyl (C=O) groups is 1. The van der Waals surface area contributed by atoms with E-state index in [4.69, 9.17) is 16.3 Å². The van der Waals surface area contributed by atoms with Crippen molar-refractivity contribution in [3.05, 3.63) is 0 Å². The predicted octanol–water partition coefficient (Wildman–Crippen LogP) is 0.803. The fourth-order valence-corrected chi connectivity index (χ4v) is 1.48. The molecule has 0 N–H and O–H groups in total. The highest BCUT2D eigenvalue weighted by Gasteiger charge is 2.34. The lowest BCUT2D eigenvalue weighted by molar-refractivity contribution is -0.152. The first-order valence-electron chi connectivity index (χ1n) is 3.55. The zero-order valence-corrected chi connectivity index (χ0v) is 7.13. The summed E-state index contributed by atoms with van der Waals surface area (Å²) in [6, 6.07) is 0. The van der Waals surface area contributed by atoms with E-state index in [0.717, 1.165) is 6.42 Å². The van der Waals surface area contributed by atoms with E-state index in [-0.39, 0.29) is 11.9 Å². The van der Waals surface area contributed by atoms with Crippen molar-refractivity contribution < 1.29 is 14.3 Å². The first-order valence-corrected chi connectivity index (χ1v) is 4.08. The third kappa shape index (κ3) is 1.84. The second-order valence-electron chi connectivity index (χ2n) is 2.52. The van der Waals surface area contributed by atoms with Gasteiger partial charge < -0.3 is 9.47 Å². The average Bonchev–Trinajstić information content (AvgIpc) is 2.50. The standard InChI is InChI=1S/C7H11ClO3/c1-10-7(9)6-5(4-8)2-3-11-6/h5-6H,2-4H2,1H3. The molecule has 3 nitrogen and oxygen atoms in total. The van der Waals surface area contributed by atoms with Gasteiger partial charge in [0.25, 0.3) is 0 Å². The molecule has 1 heterocycles. The van der Waals surface area contributed by atoms with Crippen LogP contribution >= 0.6 is 11.6 Å². The van der Waals surface area contributed by atoms with E-state index in [1.54, 1.807) is 0 Å². The van der Waals surface area contributed by atoms with E-state index in [1.165, 1.54) is 7.11 Å². The summed E-state index contributed by atoms with van der Waals surface area (Å²) >= 11 is 5.62. The lowest BCUT2D eigenvalue weighted by Crippen LogP contribution is -2.28. The van der Waals surface area contributed by atoms with Crippen molar-refractivity contribution in [2.24, 2.45) is 5.92 Å². The first-order chi connectivity index (χ1) is 5.29. The number of esters is 1. The largest absolute Gasteiger partial charge is 0.467 e. The van der Waals surface area contributed by atoms with Gasteiger partial charge in [0.1, 0.15) is 0 Å². The van der Waals surface area contributed by atoms with Gasteiger partial charge in [0, 0.05) is 18.4 Å². The minimum Gasteiger partial charge on any atom is -0.467 e. The number of alkyl halides is 1. The highest BCUT2D eigenvalue weighted by Crippen LogP contribution is 2.22. The summed E-state index contributed by atoms with van der Waals surface area (Å²) in [5.74, 6) is 0.275. The zero-order valence-electron chi connectivity index (χ0n) is 6.38. The van der Waals surface area contributed by atoms with E-state index in [2.05, 4.69) is 4.74 Å². The summed E-state index contributed by atoms with van der Waals surface area (Å²) in [5.41, 5.74) is 0. The molecule has 2 unspecified atom stereocenters. The number of carbonyl (C=O) groups excluding carboxylic acids is 1. The topological polar surface area (TPSA) is 35.5 Å². The van der Waals surface area contributed by atoms with Crippen LogP contribution < -0.4 is 0 Å². The smallest absolute Gasteiger partial charge is 0.335 e. The van der Waals surface area contributed by atoms with E-state index >= 15 is 0 Å². The Balaban J connectivity index is 2.49. The molecule has 0 saturated carbocycles. The van der Waals surface area contributed by atoms with Crippen molar-refractivity contribution in [2.75, 3.05) is 19.6 Å². The minimum atomic E-state index is -0.433. The molecule has 0 aromatic rings. The van der Waals surface area contributed by atoms with Gasteiger partial charge in [-0.2, -0.15) is 0 Å². The van der Waals surface area contributed by atoms with E-state index in [0.29, 0.717) is 12.5 Å². The molecule has 0 aromatic heterocycles. The summed E-state index contributed by atoms with van der Waals surface area (Å²) in [6.07, 6.45) is 0.418. The van der Waals surface area contributed by atoms with Crippen molar-refractivity contribution in [2.45, 2.75) is 12.5 Å². The molecular formula is C7H11ClO3. The van der Waals surface area contributed by atoms with Crippen molar-refractivity contribution in [1.29, 1.82) is 0 Å². The van der Waals surface area contributed by atoms with Gasteiger partial charge >= 0.3 is 5.97 Å². The summed E-state index contributed by atoms with van der Waals surface area (Å²) in [4.78, 5) is 11.0. The monoisotopic (exact) mass is 178 g/mol. The average molecular weight is 179 g/mol. The van der Waals surface area contributed by atoms with Gasteiger partial charge in [0.15, 0.2) is 6.10 Å². The SMILES string of the molecule is COC(=O)C1OCCC1CCl. The normalized spacial score (nSPS) is 30.4. The molecule has 64 valence electrons. The fraction of sp³-hybridized carbons (Fsp3) is 0.857. The molecule has 1 aliphatic heterocycles. The molecule has 0 aliphatic carbocycles. The Bertz CT molecular complexity index is 149. The van der Waals surface area contributed by atoms with Gasteiger partial charge in [-0.1, -0.05) is 0 Å². The minimum absolute atomic E-state index is 0.129. The Morgan fingerprint density at radius 3 is 3.09 bits per heavy atom. The van der Waals surface area contributed by atoms with Crippen LogP contribution in [0.1, 0.15) is 6.42 Å². The number of hydrogen-bond acceptors (Lipinski definition) is 3. The predicted molar refractivity (Wildman–Crippen MR) is 40.6 cm³/mol. The molecule has 0 spiro atoms. The molecule has 0 radical (unpaired) electrons. The molecule has 11 heavy (non-hydrogen) atoms. The van der Waals surface area contributed by atoms with E-state index in [1.807, 2.05) is 0 Å². The van der Waals surface area contributed by atoms with Gasteiger partial charge in [0.2, 0.25) is 0 Å². The maximum atomic E-state index is 11.0. The Morgan fingerprint density at radius 2 is 2.55 bits per heavy atom. The van der Waals surface area contributed by atoms with Gasteiger partial charge in [0.05, 0.1) is 7.11 Å². The number of halogens is 1. The molecule has 4 heteroatoms. The summed E-state index contributed by atoms with van der Waals surface area (Å²) < 4.78 is 9.69. The molecule has 0 aromatic carbocycles. The zero-order chi connectivity index (χ0) is 8.27. The van der Waals surface area contributed by atoms with Crippen LogP contribution in [0.5, 0.6) is 0 Å². The van der Waals surface area contributed by atoms with Crippen LogP contribution in [0.25, 0.3) is 0 Å². The molecule has 2 atom stereocenters. The van der Waals surface area contributed by atoms with Gasteiger partial charge in [-0.25, -0.2) is 4.79 Å². The van der Waals surface area contributed by atoms with Crippen LogP contribution in [0.15, 0.2) is 0 Å². The molecule has 1 saturated heterocycles. The first kappa shape index (κ1) is 8.81. The van der Waals surface area contributed by atoms with Crippen LogP contribution in [0, 0.1) is 5.92 Å². The maximum absolute atomic E-state index is 11.0. The van der Waals surface area contributed by atoms with E-state index < -0.39 is 6.10 Å². The van der Waals surface area contributed by atoms with Crippen LogP contribution in [0.2, 0.25) is 0 Å². The molecular weight excluding hydrogens is 168 g/mol. The highest BCUT2D eigenvalue weighted by atomic mass is 35.5. The Morgan fingerprint density at radius 1 is 1.82 bits per heavy atom. The quantitative estimate of drug-likeness (QED) is 0.464. The Labute approximate surface area is 70.6 Å². The molecule has 0 bridgehead atoms. The second kappa shape index (κ2) is 3.93. The highest BCUT2D eigenvalue weighted by molar-refractivity contribution is 6.18. The Kier molecular flexibility index (Phi) is 3.15. The number of rotatable bonds is 2. The van der Waals surface area contributed by atoms with Gasteiger partial charge in [-0.05, 0) is 6.42 Å². The summed E-state index contributed by atoms with van der Waals surface area (Å²) in [7, 11) is 1.36. The van der Waals surface area contributed by atoms with Crippen molar-refractivity contribution in [3.8, 4) is 0 Å². The second-order valence-corrected chi connectivity index (χ2v) is 2.83. The maximum Gasteiger partial charge on any atom is 0.335 e. The van der Waals surface area contributed by atoms with Crippen LogP contribution in [-0.4, -0.2) is 31.7 Å². The lowest BCUT2D eigenvalue weighted by atomic mass is 10.0. The van der Waals surface area contributed by atoms with Crippen LogP contribution in [-0.2, 0) is 14.3 Å². The van der Waals surface area contributed by atoms with E-state index in [9.17, 15) is 4.79 Å². The third-order valence-electron chi connectivity index (χ3n) is 1.85. The van der Waals surface area contributed by atoms with Crippen LogP contribution in [0.3, 0.4) is 0 Å². The number of hydrogen-bond donors (Lipinski definition) is 0. The molecule has 0 amide bonds. The third-order valence-corrected chi connectivity index (χ3v) is 2.24. The van der Waals surface area contributed by atoms with Gasteiger partial charge in [-0.15, -0.1) is 11.6 Å². The lowest BCUT2D eigenvalue weighted by Gasteiger charge is -2.12. The molecule has 1 aliphatic rings. The summed E-state index contributed by atoms with van der Waals surface area (Å²) in [5, 5.41) is 0. The molecule has 1 rings (SSSR count). The number of methoxy groups -OCH3 is 1.